The molecule has 2 unspecified atom stereocenters. The number of rotatable bonds is 32. The summed E-state index contributed by atoms with van der Waals surface area (Å²) in [5.74, 6) is -1.12. The number of esters is 3. The van der Waals surface area contributed by atoms with Crippen LogP contribution in [0.25, 0.3) is 0 Å². The third kappa shape index (κ3) is 35.2. The van der Waals surface area contributed by atoms with E-state index in [0.29, 0.717) is 37.4 Å². The number of nitrogens with one attached hydrogen (secondary N) is 1. The highest BCUT2D eigenvalue weighted by molar-refractivity contribution is 6.88. The smallest absolute Gasteiger partial charge is 0.407 e. The lowest BCUT2D eigenvalue weighted by Gasteiger charge is -2.46. The van der Waals surface area contributed by atoms with Crippen molar-refractivity contribution in [2.24, 2.45) is 10.8 Å². The summed E-state index contributed by atoms with van der Waals surface area (Å²) in [5.41, 5.74) is 0.630. The molecule has 0 bridgehead atoms. The molecule has 2 atom stereocenters. The summed E-state index contributed by atoms with van der Waals surface area (Å²) in [4.78, 5) is 47.7. The van der Waals surface area contributed by atoms with Gasteiger partial charge in [-0.3, -0.25) is 4.79 Å². The summed E-state index contributed by atoms with van der Waals surface area (Å²) in [7, 11) is -9.86. The zero-order valence-electron chi connectivity index (χ0n) is 47.5. The Morgan fingerprint density at radius 3 is 1.48 bits per heavy atom. The molecule has 0 aromatic heterocycles. The molecular formula is C50H103NO12Si6. The Kier molecular flexibility index (Phi) is 29.7. The maximum Gasteiger partial charge on any atom is 0.407 e. The third-order valence-electron chi connectivity index (χ3n) is 11.8. The van der Waals surface area contributed by atoms with E-state index in [1.54, 1.807) is 13.8 Å². The van der Waals surface area contributed by atoms with E-state index >= 15 is 0 Å². The molecule has 0 spiro atoms. The van der Waals surface area contributed by atoms with Gasteiger partial charge in [0.2, 0.25) is 0 Å². The molecule has 1 aliphatic rings. The molecule has 0 heterocycles. The molecule has 0 radical (unpaired) electrons. The highest BCUT2D eigenvalue weighted by Crippen LogP contribution is 2.48. The minimum Gasteiger partial charge on any atom is -0.462 e. The fourth-order valence-electron chi connectivity index (χ4n) is 9.49. The number of hydrogen-bond acceptors (Lipinski definition) is 12. The first-order valence-electron chi connectivity index (χ1n) is 25.7. The molecule has 1 amide bonds. The first-order chi connectivity index (χ1) is 31.3. The summed E-state index contributed by atoms with van der Waals surface area (Å²) >= 11 is 0. The maximum absolute atomic E-state index is 12.6. The van der Waals surface area contributed by atoms with Gasteiger partial charge in [-0.05, 0) is 179 Å². The van der Waals surface area contributed by atoms with E-state index in [1.807, 2.05) is 0 Å². The Labute approximate surface area is 427 Å². The maximum atomic E-state index is 12.6. The van der Waals surface area contributed by atoms with E-state index in [1.165, 1.54) is 24.9 Å². The Hall–Kier alpha value is -1.70. The van der Waals surface area contributed by atoms with Crippen molar-refractivity contribution < 1.29 is 55.2 Å². The summed E-state index contributed by atoms with van der Waals surface area (Å²) < 4.78 is 46.4. The van der Waals surface area contributed by atoms with E-state index in [4.69, 9.17) is 36.0 Å². The normalized spacial score (nSPS) is 17.8. The monoisotopic (exact) mass is 1080 g/mol. The van der Waals surface area contributed by atoms with Crippen molar-refractivity contribution >= 4 is 73.9 Å². The first-order valence-corrected chi connectivity index (χ1v) is 44.7. The molecule has 1 fully saturated rings. The standard InChI is InChI=1S/C32H61NO8Si2.C18H42O4Si4/c1-11-12-21-42(7,8)41-43(9,10)22-13-16-37-17-18-40-30(36)33-27-23-31(4,5)25-32(6,24-27)15-14-28(34)38-19-20-39-29(35)26(2)3;1-17(2)18(19)20-13-12-14-24(6,7)22-26(10,11)16-15-25(8,9)21-23(3,4)5/h27H,2,11-25H2,1,3-10H3,(H,33,36);1,12-16H2,2-11H3. The molecule has 0 aromatic rings. The van der Waals surface area contributed by atoms with Gasteiger partial charge in [0, 0.05) is 30.2 Å². The molecule has 19 heteroatoms. The van der Waals surface area contributed by atoms with Gasteiger partial charge in [-0.15, -0.1) is 0 Å². The summed E-state index contributed by atoms with van der Waals surface area (Å²) in [5, 5.41) is 3.04. The van der Waals surface area contributed by atoms with E-state index in [-0.39, 0.29) is 55.1 Å². The van der Waals surface area contributed by atoms with Crippen LogP contribution in [0.2, 0.25) is 115 Å². The van der Waals surface area contributed by atoms with Crippen molar-refractivity contribution in [1.82, 2.24) is 5.32 Å². The molecular weight excluding hydrogens is 975 g/mol. The Morgan fingerprint density at radius 1 is 0.551 bits per heavy atom. The molecule has 0 aromatic carbocycles. The predicted octanol–water partition coefficient (Wildman–Crippen LogP) is 13.4. The molecule has 13 nitrogen and oxygen atoms in total. The van der Waals surface area contributed by atoms with Crippen molar-refractivity contribution in [3.05, 3.63) is 24.3 Å². The zero-order valence-corrected chi connectivity index (χ0v) is 53.5. The lowest BCUT2D eigenvalue weighted by atomic mass is 9.61. The van der Waals surface area contributed by atoms with Crippen molar-refractivity contribution in [2.45, 2.75) is 221 Å². The van der Waals surface area contributed by atoms with E-state index in [0.717, 1.165) is 50.2 Å². The molecule has 0 aliphatic heterocycles. The largest absolute Gasteiger partial charge is 0.462 e. The number of amides is 1. The summed E-state index contributed by atoms with van der Waals surface area (Å²) in [6, 6.07) is 5.60. The molecule has 1 N–H and O–H groups in total. The lowest BCUT2D eigenvalue weighted by molar-refractivity contribution is -0.150. The number of carbonyl (C=O) groups is 4. The topological polar surface area (TPSA) is 154 Å². The van der Waals surface area contributed by atoms with Crippen LogP contribution in [-0.2, 0) is 50.4 Å². The van der Waals surface area contributed by atoms with Crippen LogP contribution in [-0.4, -0.2) is 120 Å². The van der Waals surface area contributed by atoms with Gasteiger partial charge in [-0.1, -0.05) is 53.7 Å². The molecule has 0 saturated heterocycles. The number of ether oxygens (including phenoxy) is 5. The highest BCUT2D eigenvalue weighted by Gasteiger charge is 2.42. The lowest BCUT2D eigenvalue weighted by Crippen LogP contribution is -2.47. The van der Waals surface area contributed by atoms with Gasteiger partial charge < -0.3 is 41.3 Å². The van der Waals surface area contributed by atoms with Crippen LogP contribution in [0.5, 0.6) is 0 Å². The SMILES string of the molecule is C=C(C)C(=O)OCCC[Si](C)(C)O[Si](C)(C)CC[Si](C)(C)O[Si](C)(C)C.C=C(C)C(=O)OCCOC(=O)CCC1(C)CC(NC(=O)OCCOCCC[Si](C)(C)O[Si](C)(C)CCCC)CC(C)(C)C1. The molecule has 404 valence electrons. The van der Waals surface area contributed by atoms with Gasteiger partial charge in [0.15, 0.2) is 49.9 Å². The number of carbonyl (C=O) groups excluding carboxylic acids is 4. The van der Waals surface area contributed by atoms with Gasteiger partial charge in [0.05, 0.1) is 13.2 Å². The van der Waals surface area contributed by atoms with Crippen LogP contribution >= 0.6 is 0 Å². The van der Waals surface area contributed by atoms with E-state index in [9.17, 15) is 19.2 Å². The second kappa shape index (κ2) is 30.5. The Bertz CT molecular complexity index is 1610. The van der Waals surface area contributed by atoms with Gasteiger partial charge >= 0.3 is 24.0 Å². The van der Waals surface area contributed by atoms with E-state index in [2.05, 4.69) is 131 Å². The van der Waals surface area contributed by atoms with Crippen LogP contribution in [0.3, 0.4) is 0 Å². The fraction of sp³-hybridized carbons (Fsp3) is 0.840. The van der Waals surface area contributed by atoms with Crippen molar-refractivity contribution in [1.29, 1.82) is 0 Å². The van der Waals surface area contributed by atoms with Crippen LogP contribution in [0.4, 0.5) is 4.79 Å². The number of hydrogen-bond donors (Lipinski definition) is 1. The predicted molar refractivity (Wildman–Crippen MR) is 299 cm³/mol. The van der Waals surface area contributed by atoms with Crippen molar-refractivity contribution in [2.75, 3.05) is 39.6 Å². The molecule has 69 heavy (non-hydrogen) atoms. The summed E-state index contributed by atoms with van der Waals surface area (Å²) in [6.07, 6.45) is 7.28. The second-order valence-corrected chi connectivity index (χ2v) is 51.5. The molecule has 1 saturated carbocycles. The van der Waals surface area contributed by atoms with Gasteiger partial charge in [-0.2, -0.15) is 0 Å². The minimum atomic E-state index is -1.75. The highest BCUT2D eigenvalue weighted by atomic mass is 28.4. The quantitative estimate of drug-likeness (QED) is 0.0224. The first kappa shape index (κ1) is 67.3. The number of unbranched alkanes of at least 4 members (excludes halogenated alkanes) is 1. The van der Waals surface area contributed by atoms with Crippen LogP contribution in [0.1, 0.15) is 99.3 Å². The van der Waals surface area contributed by atoms with Crippen LogP contribution in [0, 0.1) is 10.8 Å². The van der Waals surface area contributed by atoms with Crippen molar-refractivity contribution in [3.63, 3.8) is 0 Å². The Balaban J connectivity index is 0.00000152. The second-order valence-electron chi connectivity index (χ2n) is 24.7. The average molecular weight is 1080 g/mol. The number of alkyl carbamates (subject to hydrolysis) is 1. The van der Waals surface area contributed by atoms with Crippen LogP contribution < -0.4 is 5.32 Å². The van der Waals surface area contributed by atoms with Gasteiger partial charge in [0.1, 0.15) is 19.8 Å². The average Bonchev–Trinajstić information content (AvgIpc) is 3.16. The van der Waals surface area contributed by atoms with Crippen molar-refractivity contribution in [3.8, 4) is 0 Å². The minimum absolute atomic E-state index is 0.00319. The zero-order chi connectivity index (χ0) is 53.5. The van der Waals surface area contributed by atoms with Gasteiger partial charge in [0.25, 0.3) is 0 Å². The summed E-state index contributed by atoms with van der Waals surface area (Å²) in [6.45, 7) is 50.8. The van der Waals surface area contributed by atoms with Gasteiger partial charge in [-0.25, -0.2) is 14.4 Å². The Morgan fingerprint density at radius 2 is 0.986 bits per heavy atom. The molecule has 1 rings (SSSR count). The third-order valence-corrected chi connectivity index (χ3v) is 33.4. The fourth-order valence-corrected chi connectivity index (χ4v) is 38.1. The molecule has 1 aliphatic carbocycles. The van der Waals surface area contributed by atoms with E-state index < -0.39 is 62.0 Å². The van der Waals surface area contributed by atoms with Crippen LogP contribution in [0.15, 0.2) is 24.3 Å².